The largest absolute Gasteiger partial charge is 0.384 e. The third-order valence-corrected chi connectivity index (χ3v) is 8.70. The molecule has 1 saturated heterocycles. The van der Waals surface area contributed by atoms with E-state index in [1.54, 1.807) is 26.0 Å². The average Bonchev–Trinajstić information content (AvgIpc) is 3.67. The van der Waals surface area contributed by atoms with Crippen molar-refractivity contribution in [3.05, 3.63) is 59.9 Å². The number of nitrogens with two attached hydrogens (primary N) is 2. The Kier molecular flexibility index (Phi) is 9.07. The second-order valence-corrected chi connectivity index (χ2v) is 12.5. The number of amides is 5. The maximum Gasteiger partial charge on any atom is 0.313 e. The normalized spacial score (nSPS) is 20.4. The topological polar surface area (TPSA) is 211 Å². The molecule has 2 fully saturated rings. The summed E-state index contributed by atoms with van der Waals surface area (Å²) in [6.45, 7) is 3.03. The molecule has 0 unspecified atom stereocenters. The highest BCUT2D eigenvalue weighted by Crippen LogP contribution is 2.33. The summed E-state index contributed by atoms with van der Waals surface area (Å²) in [5.74, 6) is -1.50. The number of carbonyl (C=O) groups excluding carboxylic acids is 4. The van der Waals surface area contributed by atoms with Crippen LogP contribution in [0.5, 0.6) is 0 Å². The van der Waals surface area contributed by atoms with Gasteiger partial charge in [0.15, 0.2) is 0 Å². The van der Waals surface area contributed by atoms with Crippen LogP contribution in [0, 0.1) is 0 Å². The SMILES string of the molecule is CC(C)(O)c1cnnn1[C@H]1C[C@@H](C(=O)NC2(NC(N)=O)CCCCC2)N(C(=O)[C@@H](CN)NC(=O)c2ccc3ccccc3c2)C1. The van der Waals surface area contributed by atoms with Gasteiger partial charge in [0.2, 0.25) is 11.8 Å². The lowest BCUT2D eigenvalue weighted by molar-refractivity contribution is -0.140. The molecule has 14 nitrogen and oxygen atoms in total. The predicted octanol–water partition coefficient (Wildman–Crippen LogP) is 1.00. The minimum Gasteiger partial charge on any atom is -0.384 e. The molecular weight excluding hydrogens is 578 g/mol. The molecule has 5 rings (SSSR count). The van der Waals surface area contributed by atoms with Gasteiger partial charge >= 0.3 is 6.03 Å². The third kappa shape index (κ3) is 6.91. The highest BCUT2D eigenvalue weighted by atomic mass is 16.3. The molecule has 0 spiro atoms. The number of likely N-dealkylation sites (tertiary alicyclic amines) is 1. The number of benzene rings is 2. The molecule has 14 heteroatoms. The van der Waals surface area contributed by atoms with Gasteiger partial charge in [-0.1, -0.05) is 42.0 Å². The van der Waals surface area contributed by atoms with Gasteiger partial charge in [-0.2, -0.15) is 0 Å². The monoisotopic (exact) mass is 619 g/mol. The van der Waals surface area contributed by atoms with Gasteiger partial charge in [-0.15, -0.1) is 5.10 Å². The second-order valence-electron chi connectivity index (χ2n) is 12.5. The van der Waals surface area contributed by atoms with E-state index in [1.165, 1.54) is 15.8 Å². The fourth-order valence-electron chi connectivity index (χ4n) is 6.42. The number of primary amides is 1. The van der Waals surface area contributed by atoms with Gasteiger partial charge in [-0.25, -0.2) is 9.48 Å². The van der Waals surface area contributed by atoms with Crippen molar-refractivity contribution in [3.63, 3.8) is 0 Å². The van der Waals surface area contributed by atoms with Crippen LogP contribution >= 0.6 is 0 Å². The van der Waals surface area contributed by atoms with Gasteiger partial charge in [-0.05, 0) is 62.4 Å². The Bertz CT molecular complexity index is 1580. The lowest BCUT2D eigenvalue weighted by Crippen LogP contribution is -2.65. The molecule has 1 aliphatic heterocycles. The van der Waals surface area contributed by atoms with E-state index in [9.17, 15) is 24.3 Å². The van der Waals surface area contributed by atoms with E-state index in [1.807, 2.05) is 30.3 Å². The van der Waals surface area contributed by atoms with Crippen LogP contribution in [0.25, 0.3) is 10.8 Å². The molecule has 3 aromatic rings. The molecule has 1 aliphatic carbocycles. The number of nitrogens with one attached hydrogen (secondary N) is 3. The summed E-state index contributed by atoms with van der Waals surface area (Å²) < 4.78 is 1.52. The Hall–Kier alpha value is -4.56. The third-order valence-electron chi connectivity index (χ3n) is 8.70. The Balaban J connectivity index is 1.41. The smallest absolute Gasteiger partial charge is 0.313 e. The number of hydrogen-bond acceptors (Lipinski definition) is 8. The number of aromatic nitrogens is 3. The molecule has 5 amide bonds. The number of urea groups is 1. The van der Waals surface area contributed by atoms with Crippen molar-refractivity contribution >= 4 is 34.5 Å². The molecular formula is C31H41N9O5. The molecule has 45 heavy (non-hydrogen) atoms. The second kappa shape index (κ2) is 12.8. The lowest BCUT2D eigenvalue weighted by Gasteiger charge is -2.39. The fraction of sp³-hybridized carbons (Fsp3) is 0.484. The Morgan fingerprint density at radius 3 is 2.44 bits per heavy atom. The molecule has 0 bridgehead atoms. The minimum absolute atomic E-state index is 0.0436. The summed E-state index contributed by atoms with van der Waals surface area (Å²) in [5.41, 5.74) is 9.96. The zero-order valence-electron chi connectivity index (χ0n) is 25.5. The van der Waals surface area contributed by atoms with Gasteiger partial charge in [0.25, 0.3) is 5.91 Å². The van der Waals surface area contributed by atoms with Crippen LogP contribution in [-0.2, 0) is 15.2 Å². The van der Waals surface area contributed by atoms with E-state index < -0.39 is 53.1 Å². The zero-order chi connectivity index (χ0) is 32.4. The van der Waals surface area contributed by atoms with Gasteiger partial charge in [0.1, 0.15) is 23.3 Å². The zero-order valence-corrected chi connectivity index (χ0v) is 25.5. The molecule has 2 heterocycles. The van der Waals surface area contributed by atoms with Crippen molar-refractivity contribution in [2.24, 2.45) is 11.5 Å². The average molecular weight is 620 g/mol. The molecule has 2 aromatic carbocycles. The van der Waals surface area contributed by atoms with Crippen LogP contribution in [-0.4, -0.2) is 79.6 Å². The number of aliphatic hydroxyl groups is 1. The molecule has 1 saturated carbocycles. The van der Waals surface area contributed by atoms with Crippen LogP contribution in [0.2, 0.25) is 0 Å². The van der Waals surface area contributed by atoms with Crippen LogP contribution in [0.1, 0.15) is 74.5 Å². The summed E-state index contributed by atoms with van der Waals surface area (Å²) in [5, 5.41) is 29.2. The number of carbonyl (C=O) groups is 4. The van der Waals surface area contributed by atoms with Gasteiger partial charge in [0.05, 0.1) is 17.9 Å². The minimum atomic E-state index is -1.29. The molecule has 3 atom stereocenters. The standard InChI is InChI=1S/C31H41N9O5/c1-30(2,45)25-17-34-38-40(25)22-15-24(27(42)36-31(37-29(33)44)12-6-3-7-13-31)39(18-22)28(43)23(16-32)35-26(41)21-11-10-19-8-4-5-9-20(19)14-21/h4-5,8-11,14,17,22-24,45H,3,6-7,12-13,15-16,18,32H2,1-2H3,(H,35,41)(H,36,42)(H3,33,37,44)/t22-,23+,24-/m0/s1. The van der Waals surface area contributed by atoms with E-state index in [0.29, 0.717) is 24.1 Å². The molecule has 0 radical (unpaired) electrons. The molecule has 8 N–H and O–H groups in total. The van der Waals surface area contributed by atoms with Gasteiger partial charge in [0, 0.05) is 25.1 Å². The number of hydrogen-bond donors (Lipinski definition) is 6. The van der Waals surface area contributed by atoms with Crippen molar-refractivity contribution in [2.75, 3.05) is 13.1 Å². The first-order chi connectivity index (χ1) is 21.4. The highest BCUT2D eigenvalue weighted by molar-refractivity contribution is 6.01. The van der Waals surface area contributed by atoms with Crippen molar-refractivity contribution in [1.82, 2.24) is 35.8 Å². The molecule has 1 aromatic heterocycles. The highest BCUT2D eigenvalue weighted by Gasteiger charge is 2.46. The van der Waals surface area contributed by atoms with E-state index >= 15 is 0 Å². The first kappa shape index (κ1) is 31.9. The Morgan fingerprint density at radius 1 is 1.07 bits per heavy atom. The number of fused-ring (bicyclic) bond motifs is 1. The van der Waals surface area contributed by atoms with Crippen molar-refractivity contribution < 1.29 is 24.3 Å². The van der Waals surface area contributed by atoms with Crippen LogP contribution < -0.4 is 27.4 Å². The van der Waals surface area contributed by atoms with Crippen LogP contribution in [0.4, 0.5) is 4.79 Å². The predicted molar refractivity (Wildman–Crippen MR) is 165 cm³/mol. The number of rotatable bonds is 9. The summed E-state index contributed by atoms with van der Waals surface area (Å²) in [6, 6.07) is 9.45. The van der Waals surface area contributed by atoms with Gasteiger partial charge < -0.3 is 37.4 Å². The van der Waals surface area contributed by atoms with E-state index in [-0.39, 0.29) is 19.5 Å². The summed E-state index contributed by atoms with van der Waals surface area (Å²) in [4.78, 5) is 54.6. The fourth-order valence-corrected chi connectivity index (χ4v) is 6.42. The van der Waals surface area contributed by atoms with E-state index in [2.05, 4.69) is 26.3 Å². The van der Waals surface area contributed by atoms with Crippen molar-refractivity contribution in [2.45, 2.75) is 81.8 Å². The molecule has 240 valence electrons. The summed E-state index contributed by atoms with van der Waals surface area (Å²) in [6.07, 6.45) is 5.08. The first-order valence-corrected chi connectivity index (χ1v) is 15.2. The van der Waals surface area contributed by atoms with E-state index in [0.717, 1.165) is 30.0 Å². The van der Waals surface area contributed by atoms with Gasteiger partial charge in [-0.3, -0.25) is 14.4 Å². The Morgan fingerprint density at radius 2 is 1.78 bits per heavy atom. The quantitative estimate of drug-likeness (QED) is 0.190. The van der Waals surface area contributed by atoms with Crippen LogP contribution in [0.15, 0.2) is 48.7 Å². The van der Waals surface area contributed by atoms with Crippen molar-refractivity contribution in [1.29, 1.82) is 0 Å². The first-order valence-electron chi connectivity index (χ1n) is 15.2. The Labute approximate surface area is 260 Å². The summed E-state index contributed by atoms with van der Waals surface area (Å²) in [7, 11) is 0. The lowest BCUT2D eigenvalue weighted by atomic mass is 9.88. The molecule has 2 aliphatic rings. The van der Waals surface area contributed by atoms with Crippen molar-refractivity contribution in [3.8, 4) is 0 Å². The number of nitrogens with zero attached hydrogens (tertiary/aromatic N) is 4. The van der Waals surface area contributed by atoms with Crippen LogP contribution in [0.3, 0.4) is 0 Å². The van der Waals surface area contributed by atoms with E-state index in [4.69, 9.17) is 11.5 Å². The summed E-state index contributed by atoms with van der Waals surface area (Å²) >= 11 is 0. The maximum absolute atomic E-state index is 14.1. The maximum atomic E-state index is 14.1.